The molecule has 3 rings (SSSR count). The summed E-state index contributed by atoms with van der Waals surface area (Å²) in [5.41, 5.74) is 0.932. The van der Waals surface area contributed by atoms with Gasteiger partial charge in [0.2, 0.25) is 5.91 Å². The molecule has 2 fully saturated rings. The van der Waals surface area contributed by atoms with Gasteiger partial charge in [-0.3, -0.25) is 14.6 Å². The maximum atomic E-state index is 12.7. The molecule has 1 aromatic rings. The molecule has 1 unspecified atom stereocenters. The van der Waals surface area contributed by atoms with E-state index in [1.54, 1.807) is 0 Å². The summed E-state index contributed by atoms with van der Waals surface area (Å²) >= 11 is 0. The number of nitrogens with zero attached hydrogens (tertiary/aromatic N) is 4. The fraction of sp³-hybridized carbons (Fsp3) is 0.778. The number of carbonyl (C=O) groups excluding carboxylic acids is 1. The van der Waals surface area contributed by atoms with Crippen molar-refractivity contribution >= 4 is 5.91 Å². The maximum Gasteiger partial charge on any atom is 0.236 e. The van der Waals surface area contributed by atoms with Crippen molar-refractivity contribution in [3.63, 3.8) is 0 Å². The Hall–Kier alpha value is -1.40. The van der Waals surface area contributed by atoms with Crippen molar-refractivity contribution < 1.29 is 9.32 Å². The first-order valence-electron chi connectivity index (χ1n) is 9.32. The molecule has 3 heterocycles. The zero-order valence-electron chi connectivity index (χ0n) is 15.0. The highest BCUT2D eigenvalue weighted by molar-refractivity contribution is 5.78. The molecular weight excluding hydrogens is 304 g/mol. The Morgan fingerprint density at radius 2 is 1.96 bits per heavy atom. The lowest BCUT2D eigenvalue weighted by molar-refractivity contribution is -0.136. The van der Waals surface area contributed by atoms with Crippen LogP contribution in [0.1, 0.15) is 44.1 Å². The second kappa shape index (κ2) is 8.12. The van der Waals surface area contributed by atoms with E-state index in [1.807, 2.05) is 13.0 Å². The Kier molecular flexibility index (Phi) is 5.89. The van der Waals surface area contributed by atoms with Gasteiger partial charge in [-0.1, -0.05) is 12.1 Å². The van der Waals surface area contributed by atoms with Gasteiger partial charge < -0.3 is 9.42 Å². The molecule has 134 valence electrons. The van der Waals surface area contributed by atoms with E-state index in [9.17, 15) is 4.79 Å². The van der Waals surface area contributed by atoms with Crippen molar-refractivity contribution in [2.45, 2.75) is 52.1 Å². The van der Waals surface area contributed by atoms with Gasteiger partial charge in [0, 0.05) is 44.8 Å². The van der Waals surface area contributed by atoms with Crippen molar-refractivity contribution in [3.05, 3.63) is 17.5 Å². The molecule has 0 N–H and O–H groups in total. The summed E-state index contributed by atoms with van der Waals surface area (Å²) < 4.78 is 5.30. The van der Waals surface area contributed by atoms with Crippen molar-refractivity contribution in [2.75, 3.05) is 39.3 Å². The van der Waals surface area contributed by atoms with Gasteiger partial charge in [-0.15, -0.1) is 0 Å². The van der Waals surface area contributed by atoms with E-state index in [0.717, 1.165) is 63.6 Å². The van der Waals surface area contributed by atoms with E-state index < -0.39 is 0 Å². The Morgan fingerprint density at radius 3 is 2.62 bits per heavy atom. The summed E-state index contributed by atoms with van der Waals surface area (Å²) in [6.45, 7) is 10.3. The summed E-state index contributed by atoms with van der Waals surface area (Å²) in [5, 5.41) is 3.94. The van der Waals surface area contributed by atoms with Crippen LogP contribution < -0.4 is 0 Å². The fourth-order valence-electron chi connectivity index (χ4n) is 3.85. The predicted octanol–water partition coefficient (Wildman–Crippen LogP) is 1.89. The molecule has 6 nitrogen and oxygen atoms in total. The lowest BCUT2D eigenvalue weighted by Crippen LogP contribution is -2.52. The number of amides is 1. The number of hydrogen-bond acceptors (Lipinski definition) is 5. The first-order valence-corrected chi connectivity index (χ1v) is 9.32. The van der Waals surface area contributed by atoms with Gasteiger partial charge in [-0.2, -0.15) is 0 Å². The summed E-state index contributed by atoms with van der Waals surface area (Å²) in [4.78, 5) is 19.5. The Bertz CT molecular complexity index is 537. The number of likely N-dealkylation sites (tertiary alicyclic amines) is 1. The Balaban J connectivity index is 1.44. The largest absolute Gasteiger partial charge is 0.360 e. The minimum Gasteiger partial charge on any atom is -0.360 e. The second-order valence-corrected chi connectivity index (χ2v) is 7.13. The van der Waals surface area contributed by atoms with Crippen molar-refractivity contribution in [2.24, 2.45) is 0 Å². The molecule has 0 radical (unpaired) electrons. The Morgan fingerprint density at radius 1 is 1.21 bits per heavy atom. The molecule has 0 saturated carbocycles. The molecule has 24 heavy (non-hydrogen) atoms. The van der Waals surface area contributed by atoms with Crippen molar-refractivity contribution in [3.8, 4) is 0 Å². The van der Waals surface area contributed by atoms with Gasteiger partial charge in [0.15, 0.2) is 5.76 Å². The monoisotopic (exact) mass is 334 g/mol. The normalized spacial score (nSPS) is 23.6. The van der Waals surface area contributed by atoms with Gasteiger partial charge in [0.25, 0.3) is 0 Å². The maximum absolute atomic E-state index is 12.7. The summed E-state index contributed by atoms with van der Waals surface area (Å²) in [6.07, 6.45) is 4.68. The molecular formula is C18H30N4O2. The number of piperazine rings is 1. The molecule has 2 aliphatic rings. The lowest BCUT2D eigenvalue weighted by Gasteiger charge is -2.38. The lowest BCUT2D eigenvalue weighted by atomic mass is 10.00. The van der Waals surface area contributed by atoms with Gasteiger partial charge in [0.1, 0.15) is 0 Å². The molecule has 0 bridgehead atoms. The quantitative estimate of drug-likeness (QED) is 0.823. The first-order chi connectivity index (χ1) is 11.7. The smallest absolute Gasteiger partial charge is 0.236 e. The third-order valence-electron chi connectivity index (χ3n) is 5.30. The number of hydrogen-bond donors (Lipinski definition) is 0. The van der Waals surface area contributed by atoms with Crippen molar-refractivity contribution in [1.82, 2.24) is 19.9 Å². The number of piperidine rings is 1. The number of aromatic nitrogens is 1. The average molecular weight is 334 g/mol. The van der Waals surface area contributed by atoms with Crippen LogP contribution in [-0.4, -0.2) is 71.1 Å². The van der Waals surface area contributed by atoms with Crippen LogP contribution in [0.25, 0.3) is 0 Å². The van der Waals surface area contributed by atoms with E-state index in [4.69, 9.17) is 4.52 Å². The van der Waals surface area contributed by atoms with Crippen LogP contribution in [0.3, 0.4) is 0 Å². The zero-order valence-corrected chi connectivity index (χ0v) is 15.0. The number of rotatable bonds is 5. The minimum atomic E-state index is 0.320. The van der Waals surface area contributed by atoms with E-state index >= 15 is 0 Å². The first kappa shape index (κ1) is 17.4. The molecule has 6 heteroatoms. The van der Waals surface area contributed by atoms with Crippen LogP contribution in [0.5, 0.6) is 0 Å². The standard InChI is InChI=1S/C18H30N4O2/c1-3-16-6-4-5-7-22(16)18(23)14-21-10-8-20(9-11-21)13-17-12-15(2)19-24-17/h12,16H,3-11,13-14H2,1-2H3. The topological polar surface area (TPSA) is 52.8 Å². The molecule has 1 amide bonds. The van der Waals surface area contributed by atoms with E-state index in [2.05, 4.69) is 26.8 Å². The molecule has 2 saturated heterocycles. The third kappa shape index (κ3) is 4.36. The zero-order chi connectivity index (χ0) is 16.9. The molecule has 0 aromatic carbocycles. The molecule has 2 aliphatic heterocycles. The van der Waals surface area contributed by atoms with Gasteiger partial charge >= 0.3 is 0 Å². The highest BCUT2D eigenvalue weighted by Crippen LogP contribution is 2.20. The summed E-state index contributed by atoms with van der Waals surface area (Å²) in [6, 6.07) is 2.46. The average Bonchev–Trinajstić information content (AvgIpc) is 3.01. The second-order valence-electron chi connectivity index (χ2n) is 7.13. The van der Waals surface area contributed by atoms with E-state index in [-0.39, 0.29) is 0 Å². The van der Waals surface area contributed by atoms with E-state index in [1.165, 1.54) is 12.8 Å². The van der Waals surface area contributed by atoms with Gasteiger partial charge in [0.05, 0.1) is 18.8 Å². The molecule has 0 spiro atoms. The van der Waals surface area contributed by atoms with Crippen LogP contribution in [0.2, 0.25) is 0 Å². The molecule has 0 aliphatic carbocycles. The highest BCUT2D eigenvalue weighted by atomic mass is 16.5. The number of carbonyl (C=O) groups is 1. The third-order valence-corrected chi connectivity index (χ3v) is 5.30. The van der Waals surface area contributed by atoms with Crippen molar-refractivity contribution in [1.29, 1.82) is 0 Å². The number of aryl methyl sites for hydroxylation is 1. The van der Waals surface area contributed by atoms with Crippen LogP contribution in [0, 0.1) is 6.92 Å². The van der Waals surface area contributed by atoms with E-state index in [0.29, 0.717) is 18.5 Å². The van der Waals surface area contributed by atoms with Crippen LogP contribution in [-0.2, 0) is 11.3 Å². The highest BCUT2D eigenvalue weighted by Gasteiger charge is 2.27. The minimum absolute atomic E-state index is 0.320. The SMILES string of the molecule is CCC1CCCCN1C(=O)CN1CCN(Cc2cc(C)no2)CC1. The van der Waals surface area contributed by atoms with Crippen LogP contribution >= 0.6 is 0 Å². The van der Waals surface area contributed by atoms with Gasteiger partial charge in [-0.05, 0) is 32.6 Å². The van der Waals surface area contributed by atoms with Crippen LogP contribution in [0.4, 0.5) is 0 Å². The molecule has 1 aromatic heterocycles. The molecule has 1 atom stereocenters. The Labute approximate surface area is 144 Å². The summed E-state index contributed by atoms with van der Waals surface area (Å²) in [7, 11) is 0. The summed E-state index contributed by atoms with van der Waals surface area (Å²) in [5.74, 6) is 1.25. The predicted molar refractivity (Wildman–Crippen MR) is 92.6 cm³/mol. The fourth-order valence-corrected chi connectivity index (χ4v) is 3.85. The van der Waals surface area contributed by atoms with Gasteiger partial charge in [-0.25, -0.2) is 0 Å². The van der Waals surface area contributed by atoms with Crippen LogP contribution in [0.15, 0.2) is 10.6 Å².